The molecule has 0 saturated heterocycles. The van der Waals surface area contributed by atoms with Gasteiger partial charge in [-0.3, -0.25) is 4.79 Å². The van der Waals surface area contributed by atoms with Crippen molar-refractivity contribution < 1.29 is 18.7 Å². The lowest BCUT2D eigenvalue weighted by atomic mass is 9.85. The van der Waals surface area contributed by atoms with Crippen LogP contribution in [0.2, 0.25) is 0 Å². The number of hydrogen-bond acceptors (Lipinski definition) is 5. The highest BCUT2D eigenvalue weighted by Gasteiger charge is 2.25. The molecule has 0 atom stereocenters. The van der Waals surface area contributed by atoms with Crippen LogP contribution in [-0.4, -0.2) is 34.4 Å². The van der Waals surface area contributed by atoms with Gasteiger partial charge in [0, 0.05) is 18.0 Å². The first-order valence-electron chi connectivity index (χ1n) is 12.0. The number of amides is 1. The molecule has 184 valence electrons. The molecule has 0 radical (unpaired) electrons. The maximum atomic E-state index is 14.7. The Morgan fingerprint density at radius 1 is 1.08 bits per heavy atom. The monoisotopic (exact) mass is 486 g/mol. The van der Waals surface area contributed by atoms with Crippen LogP contribution in [0, 0.1) is 11.7 Å². The Labute approximate surface area is 208 Å². The number of aromatic nitrogens is 3. The molecule has 1 aliphatic rings. The molecule has 4 aromatic rings. The Bertz CT molecular complexity index is 1350. The summed E-state index contributed by atoms with van der Waals surface area (Å²) in [5, 5.41) is 7.50. The summed E-state index contributed by atoms with van der Waals surface area (Å²) in [5.41, 5.74) is 2.68. The van der Waals surface area contributed by atoms with Gasteiger partial charge in [0.1, 0.15) is 11.6 Å². The van der Waals surface area contributed by atoms with Gasteiger partial charge >= 0.3 is 6.01 Å². The maximum absolute atomic E-state index is 14.7. The fraction of sp³-hybridized carbons (Fsp3) is 0.250. The Hall–Kier alpha value is -4.20. The topological polar surface area (TPSA) is 78.3 Å². The van der Waals surface area contributed by atoms with Crippen LogP contribution in [-0.2, 0) is 11.2 Å². The van der Waals surface area contributed by atoms with Gasteiger partial charge in [-0.15, -0.1) is 5.10 Å². The SMILES string of the molecule is COc1ccc(CCOc2nc(-c3ccccc3F)n(-c3cccc(NC(=O)C4CCC4)c3)n2)cc1. The lowest BCUT2D eigenvalue weighted by Gasteiger charge is -2.24. The van der Waals surface area contributed by atoms with E-state index in [2.05, 4.69) is 15.4 Å². The van der Waals surface area contributed by atoms with Crippen molar-refractivity contribution in [1.82, 2.24) is 14.8 Å². The van der Waals surface area contributed by atoms with E-state index in [1.165, 1.54) is 6.07 Å². The zero-order chi connectivity index (χ0) is 24.9. The van der Waals surface area contributed by atoms with Crippen LogP contribution in [0.1, 0.15) is 24.8 Å². The average molecular weight is 487 g/mol. The van der Waals surface area contributed by atoms with Gasteiger partial charge in [0.25, 0.3) is 0 Å². The molecule has 36 heavy (non-hydrogen) atoms. The molecule has 3 aromatic carbocycles. The predicted molar refractivity (Wildman–Crippen MR) is 135 cm³/mol. The van der Waals surface area contributed by atoms with E-state index in [-0.39, 0.29) is 17.8 Å². The van der Waals surface area contributed by atoms with E-state index in [4.69, 9.17) is 9.47 Å². The van der Waals surface area contributed by atoms with E-state index in [0.29, 0.717) is 35.8 Å². The van der Waals surface area contributed by atoms with Crippen molar-refractivity contribution in [3.05, 3.63) is 84.2 Å². The number of benzene rings is 3. The van der Waals surface area contributed by atoms with E-state index >= 15 is 0 Å². The second-order valence-corrected chi connectivity index (χ2v) is 8.72. The summed E-state index contributed by atoms with van der Waals surface area (Å²) in [4.78, 5) is 16.9. The zero-order valence-corrected chi connectivity index (χ0v) is 20.0. The normalized spacial score (nSPS) is 13.2. The summed E-state index contributed by atoms with van der Waals surface area (Å²) < 4.78 is 27.3. The number of carbonyl (C=O) groups excluding carboxylic acids is 1. The van der Waals surface area contributed by atoms with Gasteiger partial charge < -0.3 is 14.8 Å². The standard InChI is InChI=1S/C28H27FN4O3/c1-35-23-14-12-19(13-15-23)16-17-36-28-31-26(24-10-2-3-11-25(24)29)33(32-28)22-9-5-8-21(18-22)30-27(34)20-6-4-7-20/h2-3,5,8-15,18,20H,4,6-7,16-17H2,1H3,(H,30,34). The first-order valence-corrected chi connectivity index (χ1v) is 12.0. The number of ether oxygens (including phenoxy) is 2. The number of rotatable bonds is 9. The van der Waals surface area contributed by atoms with Crippen LogP contribution in [0.4, 0.5) is 10.1 Å². The first-order chi connectivity index (χ1) is 17.6. The Morgan fingerprint density at radius 2 is 1.89 bits per heavy atom. The molecule has 8 heteroatoms. The predicted octanol–water partition coefficient (Wildman–Crippen LogP) is 5.44. The van der Waals surface area contributed by atoms with Gasteiger partial charge in [-0.1, -0.05) is 36.8 Å². The van der Waals surface area contributed by atoms with E-state index in [1.807, 2.05) is 42.5 Å². The fourth-order valence-electron chi connectivity index (χ4n) is 4.03. The van der Waals surface area contributed by atoms with Crippen molar-refractivity contribution >= 4 is 11.6 Å². The molecule has 1 aromatic heterocycles. The largest absolute Gasteiger partial charge is 0.497 e. The molecule has 0 bridgehead atoms. The van der Waals surface area contributed by atoms with Crippen LogP contribution in [0.15, 0.2) is 72.8 Å². The van der Waals surface area contributed by atoms with Crippen molar-refractivity contribution in [3.8, 4) is 28.8 Å². The third kappa shape index (κ3) is 5.22. The molecule has 1 heterocycles. The molecule has 0 spiro atoms. The van der Waals surface area contributed by atoms with Gasteiger partial charge in [-0.2, -0.15) is 4.98 Å². The summed E-state index contributed by atoms with van der Waals surface area (Å²) in [5.74, 6) is 0.787. The number of nitrogens with zero attached hydrogens (tertiary/aromatic N) is 3. The minimum atomic E-state index is -0.412. The summed E-state index contributed by atoms with van der Waals surface area (Å²) in [6.07, 6.45) is 3.58. The number of hydrogen-bond donors (Lipinski definition) is 1. The zero-order valence-electron chi connectivity index (χ0n) is 20.0. The number of halogens is 1. The second-order valence-electron chi connectivity index (χ2n) is 8.72. The van der Waals surface area contributed by atoms with Crippen molar-refractivity contribution in [1.29, 1.82) is 0 Å². The third-order valence-corrected chi connectivity index (χ3v) is 6.32. The molecule has 7 nitrogen and oxygen atoms in total. The average Bonchev–Trinajstić information content (AvgIpc) is 3.28. The lowest BCUT2D eigenvalue weighted by Crippen LogP contribution is -2.28. The molecule has 5 rings (SSSR count). The van der Waals surface area contributed by atoms with Gasteiger partial charge in [-0.25, -0.2) is 9.07 Å². The number of anilines is 1. The fourth-order valence-corrected chi connectivity index (χ4v) is 4.03. The van der Waals surface area contributed by atoms with Crippen molar-refractivity contribution in [2.24, 2.45) is 5.92 Å². The van der Waals surface area contributed by atoms with Crippen LogP contribution >= 0.6 is 0 Å². The van der Waals surface area contributed by atoms with E-state index < -0.39 is 5.82 Å². The molecular weight excluding hydrogens is 459 g/mol. The third-order valence-electron chi connectivity index (χ3n) is 6.32. The van der Waals surface area contributed by atoms with Gasteiger partial charge in [-0.05, 0) is 60.9 Å². The van der Waals surface area contributed by atoms with E-state index in [9.17, 15) is 9.18 Å². The smallest absolute Gasteiger partial charge is 0.336 e. The van der Waals surface area contributed by atoms with Gasteiger partial charge in [0.15, 0.2) is 5.82 Å². The lowest BCUT2D eigenvalue weighted by molar-refractivity contribution is -0.122. The first kappa shape index (κ1) is 23.5. The van der Waals surface area contributed by atoms with Crippen molar-refractivity contribution in [2.75, 3.05) is 19.0 Å². The molecule has 0 unspecified atom stereocenters. The molecule has 1 amide bonds. The Morgan fingerprint density at radius 3 is 2.61 bits per heavy atom. The molecule has 1 saturated carbocycles. The molecular formula is C28H27FN4O3. The molecule has 1 aliphatic carbocycles. The highest BCUT2D eigenvalue weighted by Crippen LogP contribution is 2.29. The molecule has 1 N–H and O–H groups in total. The number of methoxy groups -OCH3 is 1. The number of nitrogens with one attached hydrogen (secondary N) is 1. The second kappa shape index (κ2) is 10.6. The highest BCUT2D eigenvalue weighted by molar-refractivity contribution is 5.93. The Balaban J connectivity index is 1.39. The summed E-state index contributed by atoms with van der Waals surface area (Å²) >= 11 is 0. The van der Waals surface area contributed by atoms with E-state index in [1.54, 1.807) is 36.1 Å². The highest BCUT2D eigenvalue weighted by atomic mass is 19.1. The minimum Gasteiger partial charge on any atom is -0.497 e. The summed E-state index contributed by atoms with van der Waals surface area (Å²) in [7, 11) is 1.63. The summed E-state index contributed by atoms with van der Waals surface area (Å²) in [6, 6.07) is 21.6. The van der Waals surface area contributed by atoms with Gasteiger partial charge in [0.2, 0.25) is 5.91 Å². The molecule has 0 aliphatic heterocycles. The van der Waals surface area contributed by atoms with Crippen LogP contribution in [0.5, 0.6) is 11.8 Å². The maximum Gasteiger partial charge on any atom is 0.336 e. The number of carbonyl (C=O) groups is 1. The summed E-state index contributed by atoms with van der Waals surface area (Å²) in [6.45, 7) is 0.352. The molecule has 1 fully saturated rings. The van der Waals surface area contributed by atoms with Crippen LogP contribution in [0.25, 0.3) is 17.1 Å². The van der Waals surface area contributed by atoms with Crippen molar-refractivity contribution in [2.45, 2.75) is 25.7 Å². The van der Waals surface area contributed by atoms with Crippen LogP contribution < -0.4 is 14.8 Å². The minimum absolute atomic E-state index is 0.0221. The van der Waals surface area contributed by atoms with Gasteiger partial charge in [0.05, 0.1) is 25.0 Å². The van der Waals surface area contributed by atoms with Crippen molar-refractivity contribution in [3.63, 3.8) is 0 Å². The van der Waals surface area contributed by atoms with E-state index in [0.717, 1.165) is 30.6 Å². The van der Waals surface area contributed by atoms with Crippen LogP contribution in [0.3, 0.4) is 0 Å². The Kier molecular flexibility index (Phi) is 6.93. The quantitative estimate of drug-likeness (QED) is 0.341.